The van der Waals surface area contributed by atoms with Gasteiger partial charge in [0.2, 0.25) is 0 Å². The van der Waals surface area contributed by atoms with Crippen molar-refractivity contribution < 1.29 is 8.42 Å². The standard InChI is InChI=1S/C8H5ClO2S3/c9-14(10,11)8-2-1-7(13-8)6-3-4-12-5-6/h1-5H. The molecule has 0 N–H and O–H groups in total. The van der Waals surface area contributed by atoms with E-state index in [9.17, 15) is 8.42 Å². The third-order valence-electron chi connectivity index (χ3n) is 1.63. The van der Waals surface area contributed by atoms with Crippen molar-refractivity contribution in [2.75, 3.05) is 0 Å². The van der Waals surface area contributed by atoms with Gasteiger partial charge in [-0.1, -0.05) is 0 Å². The monoisotopic (exact) mass is 264 g/mol. The summed E-state index contributed by atoms with van der Waals surface area (Å²) in [6.45, 7) is 0. The van der Waals surface area contributed by atoms with Gasteiger partial charge in [-0.15, -0.1) is 11.3 Å². The van der Waals surface area contributed by atoms with Gasteiger partial charge in [0.25, 0.3) is 9.05 Å². The summed E-state index contributed by atoms with van der Waals surface area (Å²) in [7, 11) is 1.64. The van der Waals surface area contributed by atoms with Gasteiger partial charge in [-0.05, 0) is 29.0 Å². The van der Waals surface area contributed by atoms with Crippen molar-refractivity contribution in [2.45, 2.75) is 4.21 Å². The molecule has 0 aliphatic rings. The van der Waals surface area contributed by atoms with Crippen LogP contribution >= 0.6 is 33.4 Å². The molecule has 0 amide bonds. The van der Waals surface area contributed by atoms with Gasteiger partial charge in [-0.25, -0.2) is 8.42 Å². The minimum Gasteiger partial charge on any atom is -0.206 e. The van der Waals surface area contributed by atoms with Crippen LogP contribution < -0.4 is 0 Å². The van der Waals surface area contributed by atoms with Gasteiger partial charge in [-0.2, -0.15) is 11.3 Å². The summed E-state index contributed by atoms with van der Waals surface area (Å²) in [5.41, 5.74) is 1.03. The fourth-order valence-corrected chi connectivity index (χ4v) is 3.81. The van der Waals surface area contributed by atoms with Crippen molar-refractivity contribution in [3.63, 3.8) is 0 Å². The van der Waals surface area contributed by atoms with Crippen molar-refractivity contribution in [3.8, 4) is 10.4 Å². The molecule has 0 unspecified atom stereocenters. The first-order valence-electron chi connectivity index (χ1n) is 3.64. The Morgan fingerprint density at radius 3 is 2.50 bits per heavy atom. The molecule has 2 aromatic heterocycles. The Kier molecular flexibility index (Phi) is 2.66. The largest absolute Gasteiger partial charge is 0.270 e. The highest BCUT2D eigenvalue weighted by Gasteiger charge is 2.13. The highest BCUT2D eigenvalue weighted by atomic mass is 35.7. The summed E-state index contributed by atoms with van der Waals surface area (Å²) in [6, 6.07) is 5.24. The van der Waals surface area contributed by atoms with E-state index < -0.39 is 9.05 Å². The molecule has 0 spiro atoms. The van der Waals surface area contributed by atoms with Gasteiger partial charge in [0.1, 0.15) is 4.21 Å². The van der Waals surface area contributed by atoms with Gasteiger partial charge in [0, 0.05) is 21.1 Å². The summed E-state index contributed by atoms with van der Waals surface area (Å²) < 4.78 is 22.2. The molecule has 0 saturated carbocycles. The van der Waals surface area contributed by atoms with E-state index in [-0.39, 0.29) is 4.21 Å². The highest BCUT2D eigenvalue weighted by Crippen LogP contribution is 2.33. The Balaban J connectivity index is 2.46. The summed E-state index contributed by atoms with van der Waals surface area (Å²) in [6.07, 6.45) is 0. The lowest BCUT2D eigenvalue weighted by Gasteiger charge is -1.88. The summed E-state index contributed by atoms with van der Waals surface area (Å²) in [4.78, 5) is 0.922. The third-order valence-corrected chi connectivity index (χ3v) is 5.54. The molecule has 0 aromatic carbocycles. The zero-order chi connectivity index (χ0) is 10.2. The molecule has 0 aliphatic carbocycles. The van der Waals surface area contributed by atoms with Gasteiger partial charge in [0.15, 0.2) is 0 Å². The van der Waals surface area contributed by atoms with Crippen LogP contribution in [0.5, 0.6) is 0 Å². The number of thiophene rings is 2. The lowest BCUT2D eigenvalue weighted by atomic mass is 10.3. The second-order valence-electron chi connectivity index (χ2n) is 2.57. The normalized spacial score (nSPS) is 11.8. The van der Waals surface area contributed by atoms with Crippen LogP contribution in [0.25, 0.3) is 10.4 Å². The quantitative estimate of drug-likeness (QED) is 0.779. The second-order valence-corrected chi connectivity index (χ2v) is 7.23. The maximum atomic E-state index is 11.0. The molecule has 2 aromatic rings. The predicted octanol–water partition coefficient (Wildman–Crippen LogP) is 3.40. The first-order valence-corrected chi connectivity index (χ1v) is 7.71. The van der Waals surface area contributed by atoms with Gasteiger partial charge >= 0.3 is 0 Å². The average Bonchev–Trinajstić information content (AvgIpc) is 2.73. The maximum Gasteiger partial charge on any atom is 0.270 e. The van der Waals surface area contributed by atoms with Crippen LogP contribution in [0.3, 0.4) is 0 Å². The Bertz CT molecular complexity index is 525. The number of rotatable bonds is 2. The van der Waals surface area contributed by atoms with E-state index in [0.29, 0.717) is 0 Å². The summed E-state index contributed by atoms with van der Waals surface area (Å²) in [5.74, 6) is 0. The zero-order valence-corrected chi connectivity index (χ0v) is 10.0. The van der Waals surface area contributed by atoms with E-state index >= 15 is 0 Å². The van der Waals surface area contributed by atoms with Crippen LogP contribution in [-0.4, -0.2) is 8.42 Å². The molecule has 0 radical (unpaired) electrons. The van der Waals surface area contributed by atoms with Gasteiger partial charge in [-0.3, -0.25) is 0 Å². The Morgan fingerprint density at radius 2 is 2.00 bits per heavy atom. The van der Waals surface area contributed by atoms with Crippen molar-refractivity contribution >= 4 is 42.4 Å². The Labute approximate surface area is 94.2 Å². The number of hydrogen-bond donors (Lipinski definition) is 0. The van der Waals surface area contributed by atoms with E-state index in [4.69, 9.17) is 10.7 Å². The molecule has 0 atom stereocenters. The summed E-state index contributed by atoms with van der Waals surface area (Å²) in [5, 5.41) is 3.92. The van der Waals surface area contributed by atoms with E-state index in [0.717, 1.165) is 10.4 Å². The fraction of sp³-hybridized carbons (Fsp3) is 0. The Hall–Kier alpha value is -0.360. The molecule has 74 valence electrons. The van der Waals surface area contributed by atoms with Crippen molar-refractivity contribution in [2.24, 2.45) is 0 Å². The van der Waals surface area contributed by atoms with E-state index in [1.54, 1.807) is 17.4 Å². The van der Waals surface area contributed by atoms with Crippen LogP contribution in [0.1, 0.15) is 0 Å². The SMILES string of the molecule is O=S(=O)(Cl)c1ccc(-c2ccsc2)s1. The van der Waals surface area contributed by atoms with Crippen LogP contribution in [0.4, 0.5) is 0 Å². The highest BCUT2D eigenvalue weighted by molar-refractivity contribution is 8.15. The van der Waals surface area contributed by atoms with Crippen molar-refractivity contribution in [1.82, 2.24) is 0 Å². The van der Waals surface area contributed by atoms with Crippen molar-refractivity contribution in [1.29, 1.82) is 0 Å². The molecule has 0 aliphatic heterocycles. The molecule has 0 saturated heterocycles. The lowest BCUT2D eigenvalue weighted by Crippen LogP contribution is -1.82. The minimum atomic E-state index is -3.58. The summed E-state index contributed by atoms with van der Waals surface area (Å²) >= 11 is 2.76. The number of hydrogen-bond acceptors (Lipinski definition) is 4. The fourth-order valence-electron chi connectivity index (χ4n) is 1.01. The van der Waals surface area contributed by atoms with E-state index in [2.05, 4.69) is 0 Å². The average molecular weight is 265 g/mol. The van der Waals surface area contributed by atoms with Crippen LogP contribution in [0.15, 0.2) is 33.2 Å². The molecule has 14 heavy (non-hydrogen) atoms. The first-order chi connectivity index (χ1) is 6.57. The van der Waals surface area contributed by atoms with Crippen molar-refractivity contribution in [3.05, 3.63) is 29.0 Å². The predicted molar refractivity (Wildman–Crippen MR) is 60.7 cm³/mol. The maximum absolute atomic E-state index is 11.0. The molecular weight excluding hydrogens is 260 g/mol. The topological polar surface area (TPSA) is 34.1 Å². The molecule has 0 fully saturated rings. The Morgan fingerprint density at radius 1 is 1.21 bits per heavy atom. The molecule has 6 heteroatoms. The second kappa shape index (κ2) is 3.66. The first kappa shape index (κ1) is 10.2. The minimum absolute atomic E-state index is 0.195. The van der Waals surface area contributed by atoms with E-state index in [1.807, 2.05) is 16.8 Å². The van der Waals surface area contributed by atoms with E-state index in [1.165, 1.54) is 17.4 Å². The van der Waals surface area contributed by atoms with Crippen LogP contribution in [0, 0.1) is 0 Å². The smallest absolute Gasteiger partial charge is 0.206 e. The van der Waals surface area contributed by atoms with Gasteiger partial charge in [0.05, 0.1) is 0 Å². The third kappa shape index (κ3) is 2.00. The molecule has 0 bridgehead atoms. The number of halogens is 1. The van der Waals surface area contributed by atoms with Crippen LogP contribution in [-0.2, 0) is 9.05 Å². The molecule has 2 nitrogen and oxygen atoms in total. The molecule has 2 heterocycles. The van der Waals surface area contributed by atoms with Crippen LogP contribution in [0.2, 0.25) is 0 Å². The molecule has 2 rings (SSSR count). The lowest BCUT2D eigenvalue weighted by molar-refractivity contribution is 0.611. The molecular formula is C8H5ClO2S3. The van der Waals surface area contributed by atoms with Gasteiger partial charge < -0.3 is 0 Å². The zero-order valence-electron chi connectivity index (χ0n) is 6.81.